The largest absolute Gasteiger partial charge is 0.497 e. The van der Waals surface area contributed by atoms with Crippen molar-refractivity contribution in [3.05, 3.63) is 65.2 Å². The maximum absolute atomic E-state index is 5.14. The molecule has 0 aromatic heterocycles. The molecule has 2 aromatic rings. The summed E-state index contributed by atoms with van der Waals surface area (Å²) in [5, 5.41) is 0. The van der Waals surface area contributed by atoms with Crippen LogP contribution in [0.15, 0.2) is 48.5 Å². The summed E-state index contributed by atoms with van der Waals surface area (Å²) in [6, 6.07) is 16.8. The summed E-state index contributed by atoms with van der Waals surface area (Å²) < 4.78 is 5.14. The van der Waals surface area contributed by atoms with E-state index in [2.05, 4.69) is 62.4 Å². The molecule has 1 heteroatoms. The molecular weight excluding hydrogens is 232 g/mol. The van der Waals surface area contributed by atoms with Gasteiger partial charge in [-0.1, -0.05) is 62.4 Å². The summed E-state index contributed by atoms with van der Waals surface area (Å²) >= 11 is 0. The normalized spacial score (nSPS) is 11.2. The topological polar surface area (TPSA) is 9.23 Å². The molecule has 98 valence electrons. The van der Waals surface area contributed by atoms with Gasteiger partial charge in [0, 0.05) is 0 Å². The van der Waals surface area contributed by atoms with Gasteiger partial charge in [0.2, 0.25) is 0 Å². The lowest BCUT2D eigenvalue weighted by molar-refractivity contribution is 0.415. The van der Waals surface area contributed by atoms with Crippen molar-refractivity contribution < 1.29 is 4.74 Å². The van der Waals surface area contributed by atoms with Gasteiger partial charge in [0.15, 0.2) is 0 Å². The van der Waals surface area contributed by atoms with E-state index in [9.17, 15) is 0 Å². The summed E-state index contributed by atoms with van der Waals surface area (Å²) in [5.41, 5.74) is 3.77. The van der Waals surface area contributed by atoms with E-state index < -0.39 is 0 Å². The third-order valence-corrected chi connectivity index (χ3v) is 3.19. The smallest absolute Gasteiger partial charge is 0.118 e. The van der Waals surface area contributed by atoms with Gasteiger partial charge in [-0.15, -0.1) is 0 Å². The first kappa shape index (κ1) is 13.4. The van der Waals surface area contributed by atoms with Crippen LogP contribution >= 0.6 is 0 Å². The summed E-state index contributed by atoms with van der Waals surface area (Å²) in [6.45, 7) is 4.42. The van der Waals surface area contributed by atoms with Gasteiger partial charge in [-0.3, -0.25) is 0 Å². The van der Waals surface area contributed by atoms with Crippen molar-refractivity contribution in [2.75, 3.05) is 7.11 Å². The minimum atomic E-state index is 0.583. The van der Waals surface area contributed by atoms with E-state index >= 15 is 0 Å². The zero-order valence-corrected chi connectivity index (χ0v) is 11.8. The molecule has 0 heterocycles. The lowest BCUT2D eigenvalue weighted by atomic mass is 10.0. The molecule has 0 fully saturated rings. The Hall–Kier alpha value is -2.02. The minimum Gasteiger partial charge on any atom is -0.497 e. The molecule has 0 aliphatic rings. The highest BCUT2D eigenvalue weighted by atomic mass is 16.5. The van der Waals surface area contributed by atoms with Crippen molar-refractivity contribution >= 4 is 12.2 Å². The molecule has 0 aliphatic carbocycles. The molecule has 0 saturated carbocycles. The molecule has 0 radical (unpaired) electrons. The Morgan fingerprint density at radius 1 is 0.789 bits per heavy atom. The van der Waals surface area contributed by atoms with Crippen molar-refractivity contribution in [3.63, 3.8) is 0 Å². The molecule has 0 aliphatic heterocycles. The van der Waals surface area contributed by atoms with Gasteiger partial charge in [0.25, 0.3) is 0 Å². The number of rotatable bonds is 4. The van der Waals surface area contributed by atoms with Crippen LogP contribution in [0.1, 0.15) is 36.5 Å². The monoisotopic (exact) mass is 252 g/mol. The highest BCUT2D eigenvalue weighted by molar-refractivity contribution is 5.69. The van der Waals surface area contributed by atoms with Crippen LogP contribution in [-0.2, 0) is 0 Å². The van der Waals surface area contributed by atoms with Crippen LogP contribution in [0, 0.1) is 0 Å². The lowest BCUT2D eigenvalue weighted by Gasteiger charge is -2.04. The Morgan fingerprint density at radius 2 is 1.26 bits per heavy atom. The first-order valence-electron chi connectivity index (χ1n) is 6.61. The van der Waals surface area contributed by atoms with E-state index in [1.54, 1.807) is 7.11 Å². The van der Waals surface area contributed by atoms with E-state index in [0.29, 0.717) is 5.92 Å². The second kappa shape index (κ2) is 6.24. The van der Waals surface area contributed by atoms with Gasteiger partial charge < -0.3 is 4.74 Å². The predicted octanol–water partition coefficient (Wildman–Crippen LogP) is 4.99. The molecule has 0 amide bonds. The van der Waals surface area contributed by atoms with Crippen molar-refractivity contribution in [1.82, 2.24) is 0 Å². The number of benzene rings is 2. The maximum Gasteiger partial charge on any atom is 0.118 e. The number of hydrogen-bond acceptors (Lipinski definition) is 1. The SMILES string of the molecule is COc1ccc(/C=C/c2ccc(C(C)C)cc2)cc1. The zero-order chi connectivity index (χ0) is 13.7. The van der Waals surface area contributed by atoms with E-state index in [-0.39, 0.29) is 0 Å². The van der Waals surface area contributed by atoms with E-state index in [4.69, 9.17) is 4.74 Å². The fourth-order valence-electron chi connectivity index (χ4n) is 1.90. The third-order valence-electron chi connectivity index (χ3n) is 3.19. The molecule has 0 spiro atoms. The van der Waals surface area contributed by atoms with Crippen LogP contribution in [0.4, 0.5) is 0 Å². The third kappa shape index (κ3) is 3.72. The molecule has 19 heavy (non-hydrogen) atoms. The average molecular weight is 252 g/mol. The van der Waals surface area contributed by atoms with Crippen LogP contribution in [0.3, 0.4) is 0 Å². The molecule has 0 saturated heterocycles. The Morgan fingerprint density at radius 3 is 1.68 bits per heavy atom. The summed E-state index contributed by atoms with van der Waals surface area (Å²) in [7, 11) is 1.68. The zero-order valence-electron chi connectivity index (χ0n) is 11.8. The summed E-state index contributed by atoms with van der Waals surface area (Å²) in [6.07, 6.45) is 4.25. The van der Waals surface area contributed by atoms with Crippen molar-refractivity contribution in [3.8, 4) is 5.75 Å². The van der Waals surface area contributed by atoms with Crippen LogP contribution in [0.25, 0.3) is 12.2 Å². The highest BCUT2D eigenvalue weighted by Gasteiger charge is 1.97. The summed E-state index contributed by atoms with van der Waals surface area (Å²) in [4.78, 5) is 0. The molecule has 2 aromatic carbocycles. The Bertz CT molecular complexity index is 533. The minimum absolute atomic E-state index is 0.583. The first-order valence-corrected chi connectivity index (χ1v) is 6.61. The van der Waals surface area contributed by atoms with Crippen molar-refractivity contribution in [1.29, 1.82) is 0 Å². The van der Waals surface area contributed by atoms with Crippen molar-refractivity contribution in [2.45, 2.75) is 19.8 Å². The fraction of sp³-hybridized carbons (Fsp3) is 0.222. The molecule has 0 unspecified atom stereocenters. The molecule has 1 nitrogen and oxygen atoms in total. The quantitative estimate of drug-likeness (QED) is 0.697. The molecule has 0 N–H and O–H groups in total. The standard InChI is InChI=1S/C18H20O/c1-14(2)17-10-6-15(7-11-17)4-5-16-8-12-18(19-3)13-9-16/h4-14H,1-3H3/b5-4+. The van der Waals surface area contributed by atoms with Gasteiger partial charge in [-0.05, 0) is 34.7 Å². The van der Waals surface area contributed by atoms with E-state index in [1.165, 1.54) is 16.7 Å². The maximum atomic E-state index is 5.14. The van der Waals surface area contributed by atoms with Gasteiger partial charge >= 0.3 is 0 Å². The van der Waals surface area contributed by atoms with Crippen LogP contribution in [0.5, 0.6) is 5.75 Å². The number of methoxy groups -OCH3 is 1. The molecule has 0 bridgehead atoms. The van der Waals surface area contributed by atoms with Crippen LogP contribution in [0.2, 0.25) is 0 Å². The predicted molar refractivity (Wildman–Crippen MR) is 82.5 cm³/mol. The van der Waals surface area contributed by atoms with Gasteiger partial charge in [-0.2, -0.15) is 0 Å². The number of ether oxygens (including phenoxy) is 1. The number of hydrogen-bond donors (Lipinski definition) is 0. The van der Waals surface area contributed by atoms with Crippen LogP contribution < -0.4 is 4.74 Å². The van der Waals surface area contributed by atoms with E-state index in [0.717, 1.165) is 5.75 Å². The second-order valence-electron chi connectivity index (χ2n) is 4.93. The second-order valence-corrected chi connectivity index (χ2v) is 4.93. The average Bonchev–Trinajstić information content (AvgIpc) is 2.46. The highest BCUT2D eigenvalue weighted by Crippen LogP contribution is 2.17. The van der Waals surface area contributed by atoms with Gasteiger partial charge in [0.05, 0.1) is 7.11 Å². The summed E-state index contributed by atoms with van der Waals surface area (Å²) in [5.74, 6) is 1.47. The van der Waals surface area contributed by atoms with Gasteiger partial charge in [0.1, 0.15) is 5.75 Å². The molecule has 2 rings (SSSR count). The Labute approximate surface area is 115 Å². The van der Waals surface area contributed by atoms with Crippen molar-refractivity contribution in [2.24, 2.45) is 0 Å². The first-order chi connectivity index (χ1) is 9.19. The molecular formula is C18H20O. The molecule has 0 atom stereocenters. The fourth-order valence-corrected chi connectivity index (χ4v) is 1.90. The van der Waals surface area contributed by atoms with E-state index in [1.807, 2.05) is 12.1 Å². The Kier molecular flexibility index (Phi) is 4.40. The Balaban J connectivity index is 2.08. The van der Waals surface area contributed by atoms with Crippen LogP contribution in [-0.4, -0.2) is 7.11 Å². The van der Waals surface area contributed by atoms with Gasteiger partial charge in [-0.25, -0.2) is 0 Å². The lowest BCUT2D eigenvalue weighted by Crippen LogP contribution is -1.85.